The maximum Gasteiger partial charge on any atom is 0.319 e. The number of hydrogen-bond donors (Lipinski definition) is 2. The number of carbonyl (C=O) groups excluding carboxylic acids is 1. The average Bonchev–Trinajstić information content (AvgIpc) is 2.49. The molecule has 1 aliphatic carbocycles. The zero-order valence-electron chi connectivity index (χ0n) is 13.7. The Hall–Kier alpha value is -1.71. The van der Waals surface area contributed by atoms with Crippen LogP contribution in [0.2, 0.25) is 0 Å². The number of amides is 2. The number of hydrogen-bond acceptors (Lipinski definition) is 2. The lowest BCUT2D eigenvalue weighted by Gasteiger charge is -2.22. The molecule has 0 unspecified atom stereocenters. The molecule has 0 bridgehead atoms. The molecule has 2 amide bonds. The van der Waals surface area contributed by atoms with Gasteiger partial charge in [0.25, 0.3) is 0 Å². The van der Waals surface area contributed by atoms with Gasteiger partial charge in [0.2, 0.25) is 0 Å². The van der Waals surface area contributed by atoms with Crippen molar-refractivity contribution in [2.75, 3.05) is 11.9 Å². The number of nitrogens with one attached hydrogen (secondary N) is 2. The van der Waals surface area contributed by atoms with Crippen LogP contribution in [0.3, 0.4) is 0 Å². The van der Waals surface area contributed by atoms with E-state index in [4.69, 9.17) is 4.74 Å². The van der Waals surface area contributed by atoms with E-state index < -0.39 is 0 Å². The number of ether oxygens (including phenoxy) is 1. The second-order valence-electron chi connectivity index (χ2n) is 6.49. The number of rotatable bonds is 6. The molecule has 0 aliphatic heterocycles. The smallest absolute Gasteiger partial charge is 0.319 e. The van der Waals surface area contributed by atoms with E-state index in [1.807, 2.05) is 24.3 Å². The van der Waals surface area contributed by atoms with E-state index in [0.29, 0.717) is 12.0 Å². The lowest BCUT2D eigenvalue weighted by molar-refractivity contribution is 0.244. The Kier molecular flexibility index (Phi) is 6.56. The minimum Gasteiger partial charge on any atom is -0.494 e. The van der Waals surface area contributed by atoms with Gasteiger partial charge in [-0.3, -0.25) is 0 Å². The Morgan fingerprint density at radius 1 is 1.18 bits per heavy atom. The lowest BCUT2D eigenvalue weighted by Crippen LogP contribution is -2.38. The Morgan fingerprint density at radius 3 is 2.50 bits per heavy atom. The molecule has 1 aromatic rings. The van der Waals surface area contributed by atoms with E-state index in [2.05, 4.69) is 24.5 Å². The Bertz CT molecular complexity index is 451. The fourth-order valence-corrected chi connectivity index (χ4v) is 2.65. The third-order valence-corrected chi connectivity index (χ3v) is 4.02. The van der Waals surface area contributed by atoms with E-state index in [9.17, 15) is 4.79 Å². The Labute approximate surface area is 133 Å². The molecule has 2 rings (SSSR count). The average molecular weight is 304 g/mol. The standard InChI is InChI=1S/C18H28N2O2/c1-14(2)12-13-22-17-10-8-16(9-11-17)20-18(21)19-15-6-4-3-5-7-15/h8-11,14-15H,3-7,12-13H2,1-2H3,(H2,19,20,21). The summed E-state index contributed by atoms with van der Waals surface area (Å²) in [6, 6.07) is 7.77. The number of carbonyl (C=O) groups is 1. The topological polar surface area (TPSA) is 50.4 Å². The van der Waals surface area contributed by atoms with E-state index in [1.165, 1.54) is 19.3 Å². The molecule has 1 fully saturated rings. The summed E-state index contributed by atoms with van der Waals surface area (Å²) in [5.74, 6) is 1.49. The third-order valence-electron chi connectivity index (χ3n) is 4.02. The molecule has 1 saturated carbocycles. The van der Waals surface area contributed by atoms with Gasteiger partial charge in [-0.15, -0.1) is 0 Å². The summed E-state index contributed by atoms with van der Waals surface area (Å²) < 4.78 is 5.67. The van der Waals surface area contributed by atoms with Gasteiger partial charge in [0.05, 0.1) is 6.61 Å². The highest BCUT2D eigenvalue weighted by Gasteiger charge is 2.15. The molecule has 0 atom stereocenters. The zero-order valence-corrected chi connectivity index (χ0v) is 13.7. The van der Waals surface area contributed by atoms with Crippen LogP contribution in [0.25, 0.3) is 0 Å². The molecule has 1 aromatic carbocycles. The summed E-state index contributed by atoms with van der Waals surface area (Å²) in [4.78, 5) is 12.0. The number of benzene rings is 1. The molecule has 0 aromatic heterocycles. The summed E-state index contributed by atoms with van der Waals surface area (Å²) in [5, 5.41) is 5.93. The molecule has 2 N–H and O–H groups in total. The Balaban J connectivity index is 1.74. The molecule has 122 valence electrons. The molecule has 0 saturated heterocycles. The molecular weight excluding hydrogens is 276 g/mol. The Morgan fingerprint density at radius 2 is 1.86 bits per heavy atom. The summed E-state index contributed by atoms with van der Waals surface area (Å²) in [7, 11) is 0. The van der Waals surface area contributed by atoms with Crippen molar-refractivity contribution in [2.24, 2.45) is 5.92 Å². The van der Waals surface area contributed by atoms with Crippen molar-refractivity contribution in [3.63, 3.8) is 0 Å². The fourth-order valence-electron chi connectivity index (χ4n) is 2.65. The van der Waals surface area contributed by atoms with Crippen LogP contribution in [0, 0.1) is 5.92 Å². The van der Waals surface area contributed by atoms with E-state index in [0.717, 1.165) is 37.3 Å². The van der Waals surface area contributed by atoms with Gasteiger partial charge in [-0.1, -0.05) is 33.1 Å². The van der Waals surface area contributed by atoms with Crippen LogP contribution in [0.4, 0.5) is 10.5 Å². The molecule has 0 heterocycles. The molecule has 4 nitrogen and oxygen atoms in total. The third kappa shape index (κ3) is 5.96. The second-order valence-corrected chi connectivity index (χ2v) is 6.49. The highest BCUT2D eigenvalue weighted by molar-refractivity contribution is 5.89. The van der Waals surface area contributed by atoms with Crippen molar-refractivity contribution in [1.82, 2.24) is 5.32 Å². The van der Waals surface area contributed by atoms with E-state index >= 15 is 0 Å². The largest absolute Gasteiger partial charge is 0.494 e. The quantitative estimate of drug-likeness (QED) is 0.809. The van der Waals surface area contributed by atoms with Crippen LogP contribution in [0.5, 0.6) is 5.75 Å². The molecule has 0 spiro atoms. The summed E-state index contributed by atoms with van der Waals surface area (Å²) in [6.07, 6.45) is 6.95. The van der Waals surface area contributed by atoms with Crippen LogP contribution in [0.1, 0.15) is 52.4 Å². The van der Waals surface area contributed by atoms with Crippen molar-refractivity contribution in [3.8, 4) is 5.75 Å². The van der Waals surface area contributed by atoms with Gasteiger partial charge in [0, 0.05) is 11.7 Å². The molecule has 4 heteroatoms. The van der Waals surface area contributed by atoms with Crippen LogP contribution in [-0.2, 0) is 0 Å². The van der Waals surface area contributed by atoms with Crippen molar-refractivity contribution < 1.29 is 9.53 Å². The highest BCUT2D eigenvalue weighted by atomic mass is 16.5. The minimum absolute atomic E-state index is 0.111. The predicted molar refractivity (Wildman–Crippen MR) is 90.4 cm³/mol. The first-order chi connectivity index (χ1) is 10.6. The van der Waals surface area contributed by atoms with Crippen LogP contribution < -0.4 is 15.4 Å². The number of anilines is 1. The predicted octanol–water partition coefficient (Wildman–Crippen LogP) is 4.57. The SMILES string of the molecule is CC(C)CCOc1ccc(NC(=O)NC2CCCCC2)cc1. The monoisotopic (exact) mass is 304 g/mol. The highest BCUT2D eigenvalue weighted by Crippen LogP contribution is 2.19. The maximum atomic E-state index is 12.0. The molecule has 1 aliphatic rings. The lowest BCUT2D eigenvalue weighted by atomic mass is 9.96. The first-order valence-corrected chi connectivity index (χ1v) is 8.44. The van der Waals surface area contributed by atoms with Gasteiger partial charge in [-0.2, -0.15) is 0 Å². The summed E-state index contributed by atoms with van der Waals surface area (Å²) in [6.45, 7) is 5.09. The van der Waals surface area contributed by atoms with Crippen LogP contribution in [0.15, 0.2) is 24.3 Å². The van der Waals surface area contributed by atoms with Crippen molar-refractivity contribution in [3.05, 3.63) is 24.3 Å². The normalized spacial score (nSPS) is 15.6. The van der Waals surface area contributed by atoms with E-state index in [-0.39, 0.29) is 6.03 Å². The van der Waals surface area contributed by atoms with Crippen LogP contribution >= 0.6 is 0 Å². The number of urea groups is 1. The van der Waals surface area contributed by atoms with Crippen molar-refractivity contribution >= 4 is 11.7 Å². The van der Waals surface area contributed by atoms with Gasteiger partial charge in [-0.05, 0) is 49.4 Å². The molecular formula is C18H28N2O2. The van der Waals surface area contributed by atoms with Gasteiger partial charge in [-0.25, -0.2) is 4.79 Å². The fraction of sp³-hybridized carbons (Fsp3) is 0.611. The van der Waals surface area contributed by atoms with Gasteiger partial charge in [0.15, 0.2) is 0 Å². The zero-order chi connectivity index (χ0) is 15.8. The summed E-state index contributed by atoms with van der Waals surface area (Å²) in [5.41, 5.74) is 0.796. The van der Waals surface area contributed by atoms with Crippen LogP contribution in [-0.4, -0.2) is 18.7 Å². The van der Waals surface area contributed by atoms with Crippen molar-refractivity contribution in [2.45, 2.75) is 58.4 Å². The van der Waals surface area contributed by atoms with Crippen molar-refractivity contribution in [1.29, 1.82) is 0 Å². The summed E-state index contributed by atoms with van der Waals surface area (Å²) >= 11 is 0. The van der Waals surface area contributed by atoms with Gasteiger partial charge in [0.1, 0.15) is 5.75 Å². The molecule has 0 radical (unpaired) electrons. The van der Waals surface area contributed by atoms with Gasteiger partial charge < -0.3 is 15.4 Å². The van der Waals surface area contributed by atoms with E-state index in [1.54, 1.807) is 0 Å². The first kappa shape index (κ1) is 16.7. The minimum atomic E-state index is -0.111. The van der Waals surface area contributed by atoms with Gasteiger partial charge >= 0.3 is 6.03 Å². The molecule has 22 heavy (non-hydrogen) atoms. The maximum absolute atomic E-state index is 12.0. The first-order valence-electron chi connectivity index (χ1n) is 8.44. The second kappa shape index (κ2) is 8.66.